The average Bonchev–Trinajstić information content (AvgIpc) is 3.34. The predicted molar refractivity (Wildman–Crippen MR) is 121 cm³/mol. The van der Waals surface area contributed by atoms with Gasteiger partial charge in [0.1, 0.15) is 0 Å². The molecule has 6 nitrogen and oxygen atoms in total. The molecule has 1 amide bonds. The molecule has 1 fully saturated rings. The summed E-state index contributed by atoms with van der Waals surface area (Å²) in [6.45, 7) is 6.79. The first-order chi connectivity index (χ1) is 15.0. The molecule has 0 saturated carbocycles. The van der Waals surface area contributed by atoms with Gasteiger partial charge >= 0.3 is 5.97 Å². The van der Waals surface area contributed by atoms with Crippen molar-refractivity contribution >= 4 is 17.6 Å². The van der Waals surface area contributed by atoms with Crippen molar-refractivity contribution in [2.24, 2.45) is 0 Å². The molecule has 0 bridgehead atoms. The van der Waals surface area contributed by atoms with Crippen molar-refractivity contribution in [1.29, 1.82) is 0 Å². The van der Waals surface area contributed by atoms with E-state index in [9.17, 15) is 9.59 Å². The highest BCUT2D eigenvalue weighted by atomic mass is 16.5. The Hall–Kier alpha value is -3.54. The number of rotatable bonds is 5. The predicted octanol–water partition coefficient (Wildman–Crippen LogP) is 3.60. The maximum atomic E-state index is 12.5. The molecule has 4 rings (SSSR count). The highest BCUT2D eigenvalue weighted by molar-refractivity contribution is 5.91. The van der Waals surface area contributed by atoms with E-state index in [2.05, 4.69) is 36.9 Å². The Balaban J connectivity index is 1.27. The average molecular weight is 418 g/mol. The lowest BCUT2D eigenvalue weighted by Crippen LogP contribution is -2.50. The normalized spacial score (nSPS) is 13.9. The lowest BCUT2D eigenvalue weighted by molar-refractivity contribution is -0.134. The highest BCUT2D eigenvalue weighted by Gasteiger charge is 2.23. The first-order valence-electron chi connectivity index (χ1n) is 10.5. The molecule has 1 aliphatic heterocycles. The topological polar surface area (TPSA) is 54.8 Å². The lowest BCUT2D eigenvalue weighted by Gasteiger charge is -2.37. The van der Waals surface area contributed by atoms with E-state index >= 15 is 0 Å². The molecule has 160 valence electrons. The van der Waals surface area contributed by atoms with Gasteiger partial charge in [0.25, 0.3) is 5.91 Å². The van der Waals surface area contributed by atoms with Gasteiger partial charge in [0.15, 0.2) is 6.61 Å². The third-order valence-corrected chi connectivity index (χ3v) is 5.88. The number of aryl methyl sites for hydroxylation is 1. The van der Waals surface area contributed by atoms with E-state index in [4.69, 9.17) is 4.74 Å². The summed E-state index contributed by atoms with van der Waals surface area (Å²) < 4.78 is 7.22. The van der Waals surface area contributed by atoms with Gasteiger partial charge in [-0.3, -0.25) is 4.79 Å². The van der Waals surface area contributed by atoms with Crippen LogP contribution in [0.4, 0.5) is 5.69 Å². The molecule has 0 spiro atoms. The summed E-state index contributed by atoms with van der Waals surface area (Å²) in [4.78, 5) is 28.9. The number of anilines is 1. The number of amides is 1. The number of ether oxygens (including phenoxy) is 1. The Morgan fingerprint density at radius 1 is 0.871 bits per heavy atom. The molecule has 6 heteroatoms. The maximum Gasteiger partial charge on any atom is 0.338 e. The number of piperazine rings is 1. The Morgan fingerprint density at radius 3 is 2.23 bits per heavy atom. The molecule has 31 heavy (non-hydrogen) atoms. The van der Waals surface area contributed by atoms with Crippen molar-refractivity contribution in [2.75, 3.05) is 37.7 Å². The Bertz CT molecular complexity index is 1050. The van der Waals surface area contributed by atoms with Crippen molar-refractivity contribution in [3.63, 3.8) is 0 Å². The van der Waals surface area contributed by atoms with Crippen molar-refractivity contribution in [1.82, 2.24) is 9.47 Å². The number of carbonyl (C=O) groups is 2. The van der Waals surface area contributed by atoms with Crippen LogP contribution in [-0.2, 0) is 9.53 Å². The number of aromatic nitrogens is 1. The van der Waals surface area contributed by atoms with Gasteiger partial charge in [-0.2, -0.15) is 0 Å². The van der Waals surface area contributed by atoms with Crippen LogP contribution in [0.1, 0.15) is 21.5 Å². The molecular weight excluding hydrogens is 390 g/mol. The minimum Gasteiger partial charge on any atom is -0.452 e. The second kappa shape index (κ2) is 9.08. The molecule has 0 atom stereocenters. The molecule has 1 aliphatic rings. The summed E-state index contributed by atoms with van der Waals surface area (Å²) in [6.07, 6.45) is 3.87. The molecule has 2 aromatic carbocycles. The molecule has 0 N–H and O–H groups in total. The van der Waals surface area contributed by atoms with Gasteiger partial charge in [0.05, 0.1) is 5.56 Å². The van der Waals surface area contributed by atoms with Crippen molar-refractivity contribution in [3.8, 4) is 5.69 Å². The third kappa shape index (κ3) is 4.63. The Morgan fingerprint density at radius 2 is 1.55 bits per heavy atom. The van der Waals surface area contributed by atoms with Crippen LogP contribution in [-0.4, -0.2) is 54.1 Å². The second-order valence-corrected chi connectivity index (χ2v) is 7.80. The van der Waals surface area contributed by atoms with Gasteiger partial charge in [0, 0.05) is 49.9 Å². The first-order valence-corrected chi connectivity index (χ1v) is 10.5. The second-order valence-electron chi connectivity index (χ2n) is 7.80. The molecule has 1 saturated heterocycles. The summed E-state index contributed by atoms with van der Waals surface area (Å²) in [5, 5.41) is 0. The van der Waals surface area contributed by atoms with Crippen molar-refractivity contribution < 1.29 is 14.3 Å². The first kappa shape index (κ1) is 20.7. The summed E-state index contributed by atoms with van der Waals surface area (Å²) >= 11 is 0. The van der Waals surface area contributed by atoms with Crippen molar-refractivity contribution in [3.05, 3.63) is 83.7 Å². The minimum atomic E-state index is -0.485. The number of carbonyl (C=O) groups excluding carboxylic acids is 2. The lowest BCUT2D eigenvalue weighted by atomic mass is 10.1. The fourth-order valence-electron chi connectivity index (χ4n) is 3.85. The zero-order valence-electron chi connectivity index (χ0n) is 18.0. The van der Waals surface area contributed by atoms with Gasteiger partial charge in [-0.25, -0.2) is 4.79 Å². The van der Waals surface area contributed by atoms with Crippen LogP contribution < -0.4 is 4.90 Å². The van der Waals surface area contributed by atoms with Crippen LogP contribution in [0, 0.1) is 13.8 Å². The van der Waals surface area contributed by atoms with E-state index in [0.717, 1.165) is 18.8 Å². The monoisotopic (exact) mass is 417 g/mol. The number of nitrogens with zero attached hydrogens (tertiary/aromatic N) is 3. The van der Waals surface area contributed by atoms with E-state index in [-0.39, 0.29) is 12.5 Å². The van der Waals surface area contributed by atoms with Crippen LogP contribution in [0.25, 0.3) is 5.69 Å². The fraction of sp³-hybridized carbons (Fsp3) is 0.280. The smallest absolute Gasteiger partial charge is 0.338 e. The van der Waals surface area contributed by atoms with Crippen molar-refractivity contribution in [2.45, 2.75) is 13.8 Å². The zero-order chi connectivity index (χ0) is 21.8. The van der Waals surface area contributed by atoms with Gasteiger partial charge in [-0.1, -0.05) is 12.1 Å². The Kier molecular flexibility index (Phi) is 6.07. The molecule has 0 radical (unpaired) electrons. The number of hydrogen-bond donors (Lipinski definition) is 0. The number of benzene rings is 2. The standard InChI is InChI=1S/C25H27N3O3/c1-19-6-5-7-23(20(19)2)27-14-16-28(17-15-27)24(29)18-31-25(30)21-8-10-22(11-9-21)26-12-3-4-13-26/h3-13H,14-18H2,1-2H3. The van der Waals surface area contributed by atoms with Crippen LogP contribution >= 0.6 is 0 Å². The fourth-order valence-corrected chi connectivity index (χ4v) is 3.85. The quantitative estimate of drug-likeness (QED) is 0.596. The van der Waals surface area contributed by atoms with E-state index in [0.29, 0.717) is 18.7 Å². The minimum absolute atomic E-state index is 0.155. The van der Waals surface area contributed by atoms with Gasteiger partial charge in [0.2, 0.25) is 0 Å². The van der Waals surface area contributed by atoms with E-state index in [1.54, 1.807) is 17.0 Å². The van der Waals surface area contributed by atoms with Crippen LogP contribution in [0.5, 0.6) is 0 Å². The van der Waals surface area contributed by atoms with Gasteiger partial charge in [-0.15, -0.1) is 0 Å². The van der Waals surface area contributed by atoms with Crippen LogP contribution in [0.2, 0.25) is 0 Å². The molecule has 0 unspecified atom stereocenters. The zero-order valence-corrected chi connectivity index (χ0v) is 18.0. The molecule has 2 heterocycles. The molecule has 1 aromatic heterocycles. The van der Waals surface area contributed by atoms with E-state index < -0.39 is 5.97 Å². The maximum absolute atomic E-state index is 12.5. The summed E-state index contributed by atoms with van der Waals surface area (Å²) in [5.74, 6) is -0.639. The SMILES string of the molecule is Cc1cccc(N2CCN(C(=O)COC(=O)c3ccc(-n4cccc4)cc3)CC2)c1C. The van der Waals surface area contributed by atoms with Crippen LogP contribution in [0.3, 0.4) is 0 Å². The molecular formula is C25H27N3O3. The third-order valence-electron chi connectivity index (χ3n) is 5.88. The number of hydrogen-bond acceptors (Lipinski definition) is 4. The Labute approximate surface area is 182 Å². The van der Waals surface area contributed by atoms with E-state index in [1.165, 1.54) is 16.8 Å². The molecule has 0 aliphatic carbocycles. The van der Waals surface area contributed by atoms with E-state index in [1.807, 2.05) is 41.2 Å². The largest absolute Gasteiger partial charge is 0.452 e. The summed E-state index contributed by atoms with van der Waals surface area (Å²) in [5.41, 5.74) is 5.16. The van der Waals surface area contributed by atoms with Gasteiger partial charge < -0.3 is 19.1 Å². The summed E-state index contributed by atoms with van der Waals surface area (Å²) in [7, 11) is 0. The molecule has 3 aromatic rings. The highest BCUT2D eigenvalue weighted by Crippen LogP contribution is 2.24. The van der Waals surface area contributed by atoms with Crippen LogP contribution in [0.15, 0.2) is 67.0 Å². The van der Waals surface area contributed by atoms with Gasteiger partial charge in [-0.05, 0) is 67.4 Å². The summed E-state index contributed by atoms with van der Waals surface area (Å²) in [6, 6.07) is 17.3. The number of esters is 1.